The second kappa shape index (κ2) is 6.52. The van der Waals surface area contributed by atoms with E-state index in [-0.39, 0.29) is 0 Å². The summed E-state index contributed by atoms with van der Waals surface area (Å²) in [4.78, 5) is 21.4. The summed E-state index contributed by atoms with van der Waals surface area (Å²) in [6.45, 7) is 1.14. The first-order valence-corrected chi connectivity index (χ1v) is 6.32. The minimum atomic E-state index is -3.97. The van der Waals surface area contributed by atoms with Crippen molar-refractivity contribution in [1.29, 1.82) is 0 Å². The molecule has 9 heteroatoms. The van der Waals surface area contributed by atoms with E-state index in [4.69, 9.17) is 10.2 Å². The number of carbonyl (C=O) groups is 2. The zero-order chi connectivity index (χ0) is 13.6. The third-order valence-electron chi connectivity index (χ3n) is 1.86. The van der Waals surface area contributed by atoms with Crippen LogP contribution in [0.2, 0.25) is 0 Å². The van der Waals surface area contributed by atoms with Crippen LogP contribution in [0.1, 0.15) is 13.3 Å². The van der Waals surface area contributed by atoms with Gasteiger partial charge in [-0.1, -0.05) is 0 Å². The fraction of sp³-hybridized carbons (Fsp3) is 0.750. The van der Waals surface area contributed by atoms with Crippen molar-refractivity contribution in [3.8, 4) is 0 Å². The molecule has 0 aromatic heterocycles. The van der Waals surface area contributed by atoms with Crippen molar-refractivity contribution in [1.82, 2.24) is 4.72 Å². The number of esters is 1. The van der Waals surface area contributed by atoms with Gasteiger partial charge in [-0.2, -0.15) is 4.72 Å². The Morgan fingerprint density at radius 3 is 2.29 bits per heavy atom. The Morgan fingerprint density at radius 1 is 1.41 bits per heavy atom. The van der Waals surface area contributed by atoms with Crippen LogP contribution in [-0.4, -0.2) is 55.6 Å². The minimum Gasteiger partial charge on any atom is -0.480 e. The maximum Gasteiger partial charge on any atom is 0.324 e. The van der Waals surface area contributed by atoms with Crippen molar-refractivity contribution in [3.63, 3.8) is 0 Å². The number of carboxylic acids is 1. The molecule has 0 bridgehead atoms. The number of aliphatic carboxylic acids is 1. The van der Waals surface area contributed by atoms with E-state index in [1.807, 2.05) is 0 Å². The average molecular weight is 269 g/mol. The topological polar surface area (TPSA) is 130 Å². The molecular weight excluding hydrogens is 254 g/mol. The lowest BCUT2D eigenvalue weighted by molar-refractivity contribution is -0.141. The standard InChI is InChI=1S/C8H15NO7S/c1-5(10)7(8(12)13)9-17(14,15)4-3-6(11)16-2/h5,7,9-10H,3-4H2,1-2H3,(H,12,13). The van der Waals surface area contributed by atoms with Crippen LogP contribution in [0.3, 0.4) is 0 Å². The van der Waals surface area contributed by atoms with Crippen LogP contribution in [0.5, 0.6) is 0 Å². The zero-order valence-corrected chi connectivity index (χ0v) is 10.2. The van der Waals surface area contributed by atoms with Gasteiger partial charge in [0.1, 0.15) is 6.04 Å². The zero-order valence-electron chi connectivity index (χ0n) is 9.41. The van der Waals surface area contributed by atoms with Crippen LogP contribution >= 0.6 is 0 Å². The summed E-state index contributed by atoms with van der Waals surface area (Å²) in [6.07, 6.45) is -1.78. The van der Waals surface area contributed by atoms with Gasteiger partial charge in [0.25, 0.3) is 0 Å². The number of methoxy groups -OCH3 is 1. The van der Waals surface area contributed by atoms with Crippen LogP contribution in [0.25, 0.3) is 0 Å². The van der Waals surface area contributed by atoms with Crippen LogP contribution in [-0.2, 0) is 24.3 Å². The van der Waals surface area contributed by atoms with Gasteiger partial charge >= 0.3 is 11.9 Å². The summed E-state index contributed by atoms with van der Waals surface area (Å²) in [5.41, 5.74) is 0. The highest BCUT2D eigenvalue weighted by atomic mass is 32.2. The molecule has 8 nitrogen and oxygen atoms in total. The first-order valence-electron chi connectivity index (χ1n) is 4.67. The summed E-state index contributed by atoms with van der Waals surface area (Å²) in [7, 11) is -2.86. The Kier molecular flexibility index (Phi) is 6.07. The number of carboxylic acid groups (broad SMARTS) is 1. The van der Waals surface area contributed by atoms with Gasteiger partial charge in [-0.15, -0.1) is 0 Å². The Bertz CT molecular complexity index is 375. The molecule has 0 amide bonds. The number of nitrogens with one attached hydrogen (secondary N) is 1. The smallest absolute Gasteiger partial charge is 0.324 e. The lowest BCUT2D eigenvalue weighted by Gasteiger charge is -2.16. The Labute approximate surface area is 98.6 Å². The largest absolute Gasteiger partial charge is 0.480 e. The summed E-state index contributed by atoms with van der Waals surface area (Å²) < 4.78 is 28.8. The molecule has 0 fully saturated rings. The molecule has 3 N–H and O–H groups in total. The third-order valence-corrected chi connectivity index (χ3v) is 3.21. The lowest BCUT2D eigenvalue weighted by Crippen LogP contribution is -2.48. The van der Waals surface area contributed by atoms with Gasteiger partial charge in [0.2, 0.25) is 10.0 Å². The first-order chi connectivity index (χ1) is 7.69. The lowest BCUT2D eigenvalue weighted by atomic mass is 10.2. The van der Waals surface area contributed by atoms with Gasteiger partial charge < -0.3 is 14.9 Å². The number of aliphatic hydroxyl groups excluding tert-OH is 1. The molecular formula is C8H15NO7S. The molecule has 17 heavy (non-hydrogen) atoms. The fourth-order valence-electron chi connectivity index (χ4n) is 0.927. The highest BCUT2D eigenvalue weighted by Gasteiger charge is 2.28. The van der Waals surface area contributed by atoms with Gasteiger partial charge in [0, 0.05) is 0 Å². The van der Waals surface area contributed by atoms with Crippen molar-refractivity contribution in [2.45, 2.75) is 25.5 Å². The van der Waals surface area contributed by atoms with Crippen LogP contribution < -0.4 is 4.72 Å². The second-order valence-corrected chi connectivity index (χ2v) is 5.19. The van der Waals surface area contributed by atoms with E-state index in [1.54, 1.807) is 4.72 Å². The van der Waals surface area contributed by atoms with Crippen LogP contribution in [0.4, 0.5) is 0 Å². The molecule has 2 atom stereocenters. The number of aliphatic hydroxyl groups is 1. The van der Waals surface area contributed by atoms with E-state index in [0.29, 0.717) is 0 Å². The number of sulfonamides is 1. The molecule has 0 aliphatic carbocycles. The molecule has 0 saturated heterocycles. The number of hydrogen-bond acceptors (Lipinski definition) is 6. The minimum absolute atomic E-state index is 0.391. The van der Waals surface area contributed by atoms with Gasteiger partial charge in [-0.25, -0.2) is 8.42 Å². The molecule has 100 valence electrons. The Hall–Kier alpha value is -1.19. The first kappa shape index (κ1) is 15.8. The quantitative estimate of drug-likeness (QED) is 0.470. The predicted octanol–water partition coefficient (Wildman–Crippen LogP) is -1.70. The summed E-state index contributed by atoms with van der Waals surface area (Å²) in [6, 6.07) is -1.64. The normalized spacial score (nSPS) is 15.0. The Balaban J connectivity index is 4.52. The van der Waals surface area contributed by atoms with Crippen LogP contribution in [0.15, 0.2) is 0 Å². The van der Waals surface area contributed by atoms with Gasteiger partial charge in [-0.05, 0) is 6.92 Å². The number of rotatable bonds is 7. The molecule has 0 rings (SSSR count). The molecule has 2 unspecified atom stereocenters. The van der Waals surface area contributed by atoms with Crippen molar-refractivity contribution in [3.05, 3.63) is 0 Å². The van der Waals surface area contributed by atoms with E-state index in [1.165, 1.54) is 0 Å². The maximum atomic E-state index is 11.4. The molecule has 0 aliphatic rings. The molecule has 0 heterocycles. The maximum absolute atomic E-state index is 11.4. The predicted molar refractivity (Wildman–Crippen MR) is 56.7 cm³/mol. The molecule has 0 spiro atoms. The molecule has 0 aromatic carbocycles. The highest BCUT2D eigenvalue weighted by Crippen LogP contribution is 1.99. The van der Waals surface area contributed by atoms with Crippen LogP contribution in [0, 0.1) is 0 Å². The molecule has 0 aliphatic heterocycles. The van der Waals surface area contributed by atoms with E-state index in [0.717, 1.165) is 14.0 Å². The van der Waals surface area contributed by atoms with Gasteiger partial charge in [0.05, 0.1) is 25.4 Å². The Morgan fingerprint density at radius 2 is 1.94 bits per heavy atom. The molecule has 0 radical (unpaired) electrons. The second-order valence-electron chi connectivity index (χ2n) is 3.32. The van der Waals surface area contributed by atoms with Crippen molar-refractivity contribution in [2.24, 2.45) is 0 Å². The third kappa shape index (κ3) is 6.19. The average Bonchev–Trinajstić information content (AvgIpc) is 2.22. The molecule has 0 saturated carbocycles. The molecule has 0 aromatic rings. The summed E-state index contributed by atoms with van der Waals surface area (Å²) in [5, 5.41) is 17.7. The van der Waals surface area contributed by atoms with Gasteiger partial charge in [0.15, 0.2) is 0 Å². The fourth-order valence-corrected chi connectivity index (χ4v) is 2.17. The summed E-state index contributed by atoms with van der Waals surface area (Å²) >= 11 is 0. The highest BCUT2D eigenvalue weighted by molar-refractivity contribution is 7.89. The van der Waals surface area contributed by atoms with Crippen molar-refractivity contribution < 1.29 is 33.0 Å². The SMILES string of the molecule is COC(=O)CCS(=O)(=O)NC(C(=O)O)C(C)O. The van der Waals surface area contributed by atoms with E-state index < -0.39 is 46.3 Å². The monoisotopic (exact) mass is 269 g/mol. The van der Waals surface area contributed by atoms with Crippen molar-refractivity contribution >= 4 is 22.0 Å². The van der Waals surface area contributed by atoms with Crippen molar-refractivity contribution in [2.75, 3.05) is 12.9 Å². The van der Waals surface area contributed by atoms with E-state index in [2.05, 4.69) is 4.74 Å². The van der Waals surface area contributed by atoms with Gasteiger partial charge in [-0.3, -0.25) is 9.59 Å². The summed E-state index contributed by atoms with van der Waals surface area (Å²) in [5.74, 6) is -2.82. The van der Waals surface area contributed by atoms with E-state index >= 15 is 0 Å². The van der Waals surface area contributed by atoms with E-state index in [9.17, 15) is 18.0 Å². The number of ether oxygens (including phenoxy) is 1. The number of hydrogen-bond donors (Lipinski definition) is 3. The number of carbonyl (C=O) groups excluding carboxylic acids is 1.